The van der Waals surface area contributed by atoms with E-state index in [1.807, 2.05) is 32.3 Å². The molecule has 0 aliphatic rings. The summed E-state index contributed by atoms with van der Waals surface area (Å²) in [5.41, 5.74) is 6.90. The normalized spacial score (nSPS) is 11.8. The molecular formula is C11H11N7. The van der Waals surface area contributed by atoms with Crippen LogP contribution < -0.4 is 5.73 Å². The number of nitriles is 2. The number of nitrogens with zero attached hydrogens (tertiary/aromatic N) is 6. The number of anilines is 1. The first kappa shape index (κ1) is 11.7. The van der Waals surface area contributed by atoms with Gasteiger partial charge >= 0.3 is 0 Å². The largest absolute Gasteiger partial charge is 0.383 e. The van der Waals surface area contributed by atoms with Gasteiger partial charge in [-0.1, -0.05) is 0 Å². The lowest BCUT2D eigenvalue weighted by Crippen LogP contribution is -2.11. The van der Waals surface area contributed by atoms with Crippen molar-refractivity contribution in [1.29, 1.82) is 10.5 Å². The van der Waals surface area contributed by atoms with Crippen molar-refractivity contribution in [1.82, 2.24) is 19.6 Å². The van der Waals surface area contributed by atoms with Gasteiger partial charge in [-0.25, -0.2) is 4.68 Å². The predicted octanol–water partition coefficient (Wildman–Crippen LogP) is 0.551. The highest BCUT2D eigenvalue weighted by molar-refractivity contribution is 5.56. The highest BCUT2D eigenvalue weighted by atomic mass is 15.3. The molecule has 0 fully saturated rings. The monoisotopic (exact) mass is 241 g/mol. The molecule has 2 rings (SSSR count). The Balaban J connectivity index is 2.50. The van der Waals surface area contributed by atoms with Crippen LogP contribution in [0, 0.1) is 22.7 Å². The van der Waals surface area contributed by atoms with E-state index < -0.39 is 0 Å². The van der Waals surface area contributed by atoms with Crippen molar-refractivity contribution in [3.63, 3.8) is 0 Å². The Hall–Kier alpha value is -2.80. The number of rotatable bonds is 2. The van der Waals surface area contributed by atoms with Crippen LogP contribution in [0.4, 0.5) is 5.82 Å². The molecular weight excluding hydrogens is 230 g/mol. The standard InChI is InChI=1S/C11H11N7/c1-7(8-5-15-17(2)6-8)18-11(14)9(3-12)10(4-13)16-18/h5-7H,14H2,1-2H3. The molecule has 7 nitrogen and oxygen atoms in total. The van der Waals surface area contributed by atoms with E-state index in [1.165, 1.54) is 4.68 Å². The lowest BCUT2D eigenvalue weighted by molar-refractivity contribution is 0.570. The molecule has 90 valence electrons. The van der Waals surface area contributed by atoms with E-state index in [1.54, 1.807) is 10.9 Å². The van der Waals surface area contributed by atoms with Gasteiger partial charge in [0.2, 0.25) is 0 Å². The molecule has 2 aromatic rings. The first-order valence-corrected chi connectivity index (χ1v) is 5.25. The maximum absolute atomic E-state index is 8.95. The van der Waals surface area contributed by atoms with Gasteiger partial charge in [0.1, 0.15) is 23.5 Å². The molecule has 2 heterocycles. The number of aromatic nitrogens is 4. The Labute approximate surface area is 104 Å². The van der Waals surface area contributed by atoms with Crippen LogP contribution in [0.15, 0.2) is 12.4 Å². The third-order valence-electron chi connectivity index (χ3n) is 2.74. The fourth-order valence-electron chi connectivity index (χ4n) is 1.73. The van der Waals surface area contributed by atoms with Gasteiger partial charge in [0, 0.05) is 18.8 Å². The summed E-state index contributed by atoms with van der Waals surface area (Å²) in [6, 6.07) is 3.57. The van der Waals surface area contributed by atoms with Crippen molar-refractivity contribution in [2.75, 3.05) is 5.73 Å². The minimum atomic E-state index is -0.187. The average Bonchev–Trinajstić information content (AvgIpc) is 2.92. The number of hydrogen-bond acceptors (Lipinski definition) is 5. The van der Waals surface area contributed by atoms with Crippen LogP contribution in [-0.2, 0) is 7.05 Å². The summed E-state index contributed by atoms with van der Waals surface area (Å²) in [5, 5.41) is 26.0. The first-order valence-electron chi connectivity index (χ1n) is 5.25. The highest BCUT2D eigenvalue weighted by Crippen LogP contribution is 2.23. The van der Waals surface area contributed by atoms with Crippen LogP contribution in [0.25, 0.3) is 0 Å². The molecule has 2 aromatic heterocycles. The molecule has 0 aliphatic carbocycles. The van der Waals surface area contributed by atoms with Gasteiger partial charge in [-0.15, -0.1) is 0 Å². The van der Waals surface area contributed by atoms with E-state index in [9.17, 15) is 0 Å². The average molecular weight is 241 g/mol. The second-order valence-corrected chi connectivity index (χ2v) is 3.90. The summed E-state index contributed by atoms with van der Waals surface area (Å²) < 4.78 is 3.13. The molecule has 0 spiro atoms. The number of hydrogen-bond donors (Lipinski definition) is 1. The molecule has 2 N–H and O–H groups in total. The van der Waals surface area contributed by atoms with E-state index in [4.69, 9.17) is 16.3 Å². The molecule has 0 bridgehead atoms. The molecule has 1 atom stereocenters. The predicted molar refractivity (Wildman–Crippen MR) is 63.1 cm³/mol. The van der Waals surface area contributed by atoms with Crippen molar-refractivity contribution in [2.24, 2.45) is 7.05 Å². The van der Waals surface area contributed by atoms with Crippen molar-refractivity contribution in [3.05, 3.63) is 29.2 Å². The summed E-state index contributed by atoms with van der Waals surface area (Å²) in [5.74, 6) is 0.199. The minimum absolute atomic E-state index is 0.0470. The van der Waals surface area contributed by atoms with E-state index in [-0.39, 0.29) is 23.1 Å². The van der Waals surface area contributed by atoms with Crippen LogP contribution in [-0.4, -0.2) is 19.6 Å². The van der Waals surface area contributed by atoms with Crippen LogP contribution >= 0.6 is 0 Å². The van der Waals surface area contributed by atoms with Crippen LogP contribution in [0.5, 0.6) is 0 Å². The van der Waals surface area contributed by atoms with Crippen LogP contribution in [0.2, 0.25) is 0 Å². The highest BCUT2D eigenvalue weighted by Gasteiger charge is 2.20. The Morgan fingerprint density at radius 3 is 2.56 bits per heavy atom. The third kappa shape index (κ3) is 1.68. The Morgan fingerprint density at radius 1 is 1.39 bits per heavy atom. The summed E-state index contributed by atoms with van der Waals surface area (Å²) >= 11 is 0. The SMILES string of the molecule is CC(c1cnn(C)c1)n1nc(C#N)c(C#N)c1N. The number of aryl methyl sites for hydroxylation is 1. The number of nitrogen functional groups attached to an aromatic ring is 1. The van der Waals surface area contributed by atoms with Crippen molar-refractivity contribution < 1.29 is 0 Å². The van der Waals surface area contributed by atoms with Gasteiger partial charge < -0.3 is 5.73 Å². The molecule has 0 amide bonds. The quantitative estimate of drug-likeness (QED) is 0.825. The van der Waals surface area contributed by atoms with Crippen LogP contribution in [0.3, 0.4) is 0 Å². The molecule has 0 radical (unpaired) electrons. The zero-order chi connectivity index (χ0) is 13.3. The van der Waals surface area contributed by atoms with E-state index in [0.717, 1.165) is 5.56 Å². The van der Waals surface area contributed by atoms with E-state index >= 15 is 0 Å². The second kappa shape index (κ2) is 4.22. The van der Waals surface area contributed by atoms with E-state index in [0.29, 0.717) is 0 Å². The van der Waals surface area contributed by atoms with Crippen molar-refractivity contribution in [3.8, 4) is 12.1 Å². The molecule has 0 aliphatic heterocycles. The first-order chi connectivity index (χ1) is 8.58. The maximum Gasteiger partial charge on any atom is 0.182 e. The zero-order valence-corrected chi connectivity index (χ0v) is 9.99. The van der Waals surface area contributed by atoms with Gasteiger partial charge in [-0.05, 0) is 6.92 Å². The summed E-state index contributed by atoms with van der Waals surface area (Å²) in [6.07, 6.45) is 3.54. The molecule has 18 heavy (non-hydrogen) atoms. The van der Waals surface area contributed by atoms with E-state index in [2.05, 4.69) is 10.2 Å². The smallest absolute Gasteiger partial charge is 0.182 e. The lowest BCUT2D eigenvalue weighted by atomic mass is 10.2. The lowest BCUT2D eigenvalue weighted by Gasteiger charge is -2.11. The summed E-state index contributed by atoms with van der Waals surface area (Å²) in [7, 11) is 1.81. The topological polar surface area (TPSA) is 109 Å². The number of nitrogens with two attached hydrogens (primary N) is 1. The third-order valence-corrected chi connectivity index (χ3v) is 2.74. The maximum atomic E-state index is 8.95. The Morgan fingerprint density at radius 2 is 2.11 bits per heavy atom. The van der Waals surface area contributed by atoms with Gasteiger partial charge in [0.05, 0.1) is 12.2 Å². The summed E-state index contributed by atoms with van der Waals surface area (Å²) in [6.45, 7) is 1.88. The second-order valence-electron chi connectivity index (χ2n) is 3.90. The fourth-order valence-corrected chi connectivity index (χ4v) is 1.73. The fraction of sp³-hybridized carbons (Fsp3) is 0.273. The van der Waals surface area contributed by atoms with Crippen LogP contribution in [0.1, 0.15) is 29.8 Å². The van der Waals surface area contributed by atoms with Gasteiger partial charge in [0.25, 0.3) is 0 Å². The Bertz CT molecular complexity index is 665. The molecule has 0 saturated carbocycles. The van der Waals surface area contributed by atoms with Crippen molar-refractivity contribution >= 4 is 5.82 Å². The minimum Gasteiger partial charge on any atom is -0.383 e. The van der Waals surface area contributed by atoms with Crippen molar-refractivity contribution in [2.45, 2.75) is 13.0 Å². The zero-order valence-electron chi connectivity index (χ0n) is 9.99. The molecule has 1 unspecified atom stereocenters. The van der Waals surface area contributed by atoms with Gasteiger partial charge in [0.15, 0.2) is 5.69 Å². The van der Waals surface area contributed by atoms with Gasteiger partial charge in [-0.2, -0.15) is 20.7 Å². The molecule has 0 saturated heterocycles. The van der Waals surface area contributed by atoms with Gasteiger partial charge in [-0.3, -0.25) is 4.68 Å². The molecule has 7 heteroatoms. The summed E-state index contributed by atoms with van der Waals surface area (Å²) in [4.78, 5) is 0. The Kier molecular flexibility index (Phi) is 2.74. The molecule has 0 aromatic carbocycles.